The van der Waals surface area contributed by atoms with Gasteiger partial charge in [0.15, 0.2) is 5.06 Å². The molecule has 5 rings (SSSR count). The van der Waals surface area contributed by atoms with E-state index in [1.54, 1.807) is 12.1 Å². The van der Waals surface area contributed by atoms with E-state index in [0.29, 0.717) is 5.06 Å². The quantitative estimate of drug-likeness (QED) is 0.314. The second kappa shape index (κ2) is 14.3. The first-order valence-corrected chi connectivity index (χ1v) is 13.1. The number of thiophene rings is 1. The molecule has 4 heteroatoms. The van der Waals surface area contributed by atoms with E-state index in [-0.39, 0.29) is 0 Å². The molecule has 0 aliphatic rings. The normalized spacial score (nSPS) is 9.62. The van der Waals surface area contributed by atoms with Crippen molar-refractivity contribution in [2.45, 2.75) is 0 Å². The molecule has 0 bridgehead atoms. The highest BCUT2D eigenvalue weighted by Crippen LogP contribution is 2.14. The summed E-state index contributed by atoms with van der Waals surface area (Å²) in [4.78, 5) is 0. The standard InChI is InChI=1S/2C12H11P.C4H4OS/c2*1-3-7-11(8-4-1)13-12-9-5-2-6-10-12;5-4-2-1-3-6-4/h2*1-10,13H;1-3,5H. The Balaban J connectivity index is 0.000000145. The number of aromatic hydroxyl groups is 1. The van der Waals surface area contributed by atoms with Crippen molar-refractivity contribution in [3.8, 4) is 5.06 Å². The molecule has 4 aromatic carbocycles. The molecule has 0 spiro atoms. The fourth-order valence-electron chi connectivity index (χ4n) is 2.69. The largest absolute Gasteiger partial charge is 0.499 e. The molecule has 1 nitrogen and oxygen atoms in total. The van der Waals surface area contributed by atoms with Gasteiger partial charge in [0.2, 0.25) is 0 Å². The van der Waals surface area contributed by atoms with Crippen LogP contribution in [-0.2, 0) is 0 Å². The maximum Gasteiger partial charge on any atom is 0.171 e. The summed E-state index contributed by atoms with van der Waals surface area (Å²) in [7, 11) is 1.55. The molecular formula is C28H26OP2S. The highest BCUT2D eigenvalue weighted by molar-refractivity contribution is 7.55. The maximum absolute atomic E-state index is 8.49. The third-order valence-corrected chi connectivity index (χ3v) is 7.34. The average Bonchev–Trinajstić information content (AvgIpc) is 3.34. The van der Waals surface area contributed by atoms with Crippen molar-refractivity contribution >= 4 is 49.7 Å². The lowest BCUT2D eigenvalue weighted by Crippen LogP contribution is -2.01. The van der Waals surface area contributed by atoms with E-state index in [1.165, 1.54) is 32.6 Å². The van der Waals surface area contributed by atoms with Crippen molar-refractivity contribution in [2.24, 2.45) is 0 Å². The Bertz CT molecular complexity index is 949. The van der Waals surface area contributed by atoms with Gasteiger partial charge in [-0.05, 0) is 38.7 Å². The zero-order valence-electron chi connectivity index (χ0n) is 17.6. The summed E-state index contributed by atoms with van der Waals surface area (Å²) in [5, 5.41) is 16.3. The smallest absolute Gasteiger partial charge is 0.171 e. The Morgan fingerprint density at radius 2 is 0.719 bits per heavy atom. The van der Waals surface area contributed by atoms with Crippen LogP contribution in [-0.4, -0.2) is 5.11 Å². The van der Waals surface area contributed by atoms with Crippen LogP contribution in [0.5, 0.6) is 5.06 Å². The van der Waals surface area contributed by atoms with Crippen molar-refractivity contribution in [3.63, 3.8) is 0 Å². The van der Waals surface area contributed by atoms with E-state index in [9.17, 15) is 0 Å². The van der Waals surface area contributed by atoms with Crippen LogP contribution < -0.4 is 21.2 Å². The van der Waals surface area contributed by atoms with Crippen molar-refractivity contribution in [3.05, 3.63) is 139 Å². The first kappa shape index (κ1) is 23.9. The molecule has 1 heterocycles. The second-order valence-corrected chi connectivity index (χ2v) is 10.4. The van der Waals surface area contributed by atoms with Gasteiger partial charge in [0, 0.05) is 0 Å². The Hall–Kier alpha value is -2.76. The van der Waals surface area contributed by atoms with E-state index in [2.05, 4.69) is 121 Å². The molecule has 32 heavy (non-hydrogen) atoms. The highest BCUT2D eigenvalue weighted by Gasteiger charge is 1.93. The molecule has 0 aliphatic heterocycles. The van der Waals surface area contributed by atoms with Gasteiger partial charge in [0.25, 0.3) is 0 Å². The SMILES string of the molecule is Oc1cccs1.c1ccc(Pc2ccccc2)cc1.c1ccc(Pc2ccccc2)cc1. The zero-order chi connectivity index (χ0) is 22.3. The highest BCUT2D eigenvalue weighted by atomic mass is 32.1. The lowest BCUT2D eigenvalue weighted by molar-refractivity contribution is 0.491. The summed E-state index contributed by atoms with van der Waals surface area (Å²) >= 11 is 1.33. The second-order valence-electron chi connectivity index (χ2n) is 6.67. The Morgan fingerprint density at radius 3 is 0.906 bits per heavy atom. The predicted molar refractivity (Wildman–Crippen MR) is 147 cm³/mol. The van der Waals surface area contributed by atoms with Gasteiger partial charge >= 0.3 is 0 Å². The Morgan fingerprint density at radius 1 is 0.406 bits per heavy atom. The molecule has 0 fully saturated rings. The predicted octanol–water partition coefficient (Wildman–Crippen LogP) is 6.09. The van der Waals surface area contributed by atoms with E-state index in [4.69, 9.17) is 5.11 Å². The van der Waals surface area contributed by atoms with Gasteiger partial charge in [-0.15, -0.1) is 11.3 Å². The molecule has 0 amide bonds. The molecule has 1 N–H and O–H groups in total. The third kappa shape index (κ3) is 9.58. The minimum absolute atomic E-state index is 0.384. The Labute approximate surface area is 198 Å². The molecule has 0 saturated carbocycles. The summed E-state index contributed by atoms with van der Waals surface area (Å²) in [6.07, 6.45) is 0. The lowest BCUT2D eigenvalue weighted by atomic mass is 10.4. The van der Waals surface area contributed by atoms with Crippen molar-refractivity contribution < 1.29 is 5.11 Å². The van der Waals surface area contributed by atoms with Crippen LogP contribution in [0.3, 0.4) is 0 Å². The first-order valence-electron chi connectivity index (χ1n) is 10.3. The van der Waals surface area contributed by atoms with Crippen LogP contribution in [0.15, 0.2) is 139 Å². The number of rotatable bonds is 4. The lowest BCUT2D eigenvalue weighted by Gasteiger charge is -2.00. The van der Waals surface area contributed by atoms with E-state index >= 15 is 0 Å². The molecule has 0 saturated heterocycles. The number of hydrogen-bond acceptors (Lipinski definition) is 2. The van der Waals surface area contributed by atoms with Crippen LogP contribution in [0.1, 0.15) is 0 Å². The molecule has 1 aromatic heterocycles. The monoisotopic (exact) mass is 472 g/mol. The van der Waals surface area contributed by atoms with Gasteiger partial charge in [0.05, 0.1) is 0 Å². The zero-order valence-corrected chi connectivity index (χ0v) is 20.5. The van der Waals surface area contributed by atoms with Gasteiger partial charge in [0.1, 0.15) is 0 Å². The molecule has 0 radical (unpaired) electrons. The average molecular weight is 473 g/mol. The van der Waals surface area contributed by atoms with Crippen LogP contribution in [0.25, 0.3) is 0 Å². The molecule has 160 valence electrons. The topological polar surface area (TPSA) is 20.2 Å². The van der Waals surface area contributed by atoms with Gasteiger partial charge in [-0.1, -0.05) is 138 Å². The summed E-state index contributed by atoms with van der Waals surface area (Å²) in [5.74, 6) is 0. The maximum atomic E-state index is 8.49. The molecule has 0 aliphatic carbocycles. The van der Waals surface area contributed by atoms with E-state index < -0.39 is 0 Å². The van der Waals surface area contributed by atoms with Gasteiger partial charge in [-0.2, -0.15) is 0 Å². The summed E-state index contributed by atoms with van der Waals surface area (Å²) < 4.78 is 0. The fourth-order valence-corrected chi connectivity index (χ4v) is 5.25. The molecule has 5 aromatic rings. The summed E-state index contributed by atoms with van der Waals surface area (Å²) in [5.41, 5.74) is 0. The number of hydrogen-bond donors (Lipinski definition) is 1. The summed E-state index contributed by atoms with van der Waals surface area (Å²) in [6, 6.07) is 45.8. The Kier molecular flexibility index (Phi) is 10.7. The third-order valence-electron chi connectivity index (χ3n) is 4.18. The minimum Gasteiger partial charge on any atom is -0.499 e. The summed E-state index contributed by atoms with van der Waals surface area (Å²) in [6.45, 7) is 0. The van der Waals surface area contributed by atoms with Crippen molar-refractivity contribution in [1.29, 1.82) is 0 Å². The van der Waals surface area contributed by atoms with Gasteiger partial charge in [-0.25, -0.2) is 0 Å². The van der Waals surface area contributed by atoms with Gasteiger partial charge in [-0.3, -0.25) is 0 Å². The van der Waals surface area contributed by atoms with Crippen LogP contribution in [0.4, 0.5) is 0 Å². The van der Waals surface area contributed by atoms with Crippen LogP contribution in [0, 0.1) is 0 Å². The van der Waals surface area contributed by atoms with Crippen LogP contribution >= 0.6 is 28.5 Å². The molecule has 0 unspecified atom stereocenters. The first-order chi connectivity index (χ1) is 15.8. The van der Waals surface area contributed by atoms with E-state index in [1.807, 2.05) is 5.38 Å². The molecular weight excluding hydrogens is 446 g/mol. The van der Waals surface area contributed by atoms with Crippen molar-refractivity contribution in [1.82, 2.24) is 0 Å². The number of benzene rings is 4. The van der Waals surface area contributed by atoms with Crippen molar-refractivity contribution in [2.75, 3.05) is 0 Å². The van der Waals surface area contributed by atoms with E-state index in [0.717, 1.165) is 17.2 Å². The molecule has 0 atom stereocenters. The van der Waals surface area contributed by atoms with Crippen LogP contribution in [0.2, 0.25) is 0 Å². The van der Waals surface area contributed by atoms with Gasteiger partial charge < -0.3 is 5.11 Å². The minimum atomic E-state index is 0.384. The fraction of sp³-hybridized carbons (Fsp3) is 0.